The second-order valence-electron chi connectivity index (χ2n) is 7.12. The molecule has 28 heavy (non-hydrogen) atoms. The second-order valence-corrected chi connectivity index (χ2v) is 7.55. The molecule has 148 valence electrons. The minimum atomic E-state index is -0.693. The van der Waals surface area contributed by atoms with Crippen molar-refractivity contribution in [3.05, 3.63) is 41.2 Å². The van der Waals surface area contributed by atoms with Crippen LogP contribution < -0.4 is 10.2 Å². The lowest BCUT2D eigenvalue weighted by Crippen LogP contribution is -2.30. The van der Waals surface area contributed by atoms with Crippen molar-refractivity contribution in [1.29, 1.82) is 0 Å². The Morgan fingerprint density at radius 2 is 2.07 bits per heavy atom. The number of hydrogen-bond donors (Lipinski definition) is 2. The van der Waals surface area contributed by atoms with Gasteiger partial charge in [-0.05, 0) is 45.9 Å². The third-order valence-electron chi connectivity index (χ3n) is 3.83. The molecule has 0 radical (unpaired) electrons. The fourth-order valence-electron chi connectivity index (χ4n) is 2.70. The number of fused-ring (bicyclic) bond motifs is 1. The summed E-state index contributed by atoms with van der Waals surface area (Å²) in [5.41, 5.74) is 0.940. The van der Waals surface area contributed by atoms with Gasteiger partial charge in [-0.1, -0.05) is 16.8 Å². The van der Waals surface area contributed by atoms with Gasteiger partial charge in [0, 0.05) is 34.7 Å². The first kappa shape index (κ1) is 19.8. The Balaban J connectivity index is 1.81. The van der Waals surface area contributed by atoms with E-state index in [1.54, 1.807) is 44.0 Å². The lowest BCUT2D eigenvalue weighted by Gasteiger charge is -2.19. The van der Waals surface area contributed by atoms with E-state index in [-0.39, 0.29) is 17.5 Å². The van der Waals surface area contributed by atoms with E-state index < -0.39 is 11.7 Å². The molecule has 9 heteroatoms. The third-order valence-corrected chi connectivity index (χ3v) is 4.06. The van der Waals surface area contributed by atoms with E-state index in [1.807, 2.05) is 13.0 Å². The predicted octanol–water partition coefficient (Wildman–Crippen LogP) is 4.82. The molecule has 0 unspecified atom stereocenters. The molecule has 0 aliphatic carbocycles. The maximum Gasteiger partial charge on any atom is 0.414 e. The summed E-state index contributed by atoms with van der Waals surface area (Å²) >= 11 is 6.09. The van der Waals surface area contributed by atoms with Crippen LogP contribution in [-0.4, -0.2) is 34.3 Å². The topological polar surface area (TPSA) is 100 Å². The van der Waals surface area contributed by atoms with Gasteiger partial charge >= 0.3 is 6.09 Å². The minimum Gasteiger partial charge on any atom is -0.444 e. The number of anilines is 2. The molecule has 0 fully saturated rings. The highest BCUT2D eigenvalue weighted by Crippen LogP contribution is 2.30. The van der Waals surface area contributed by atoms with E-state index >= 15 is 0 Å². The average molecular weight is 405 g/mol. The van der Waals surface area contributed by atoms with Gasteiger partial charge in [-0.15, -0.1) is 0 Å². The number of aromatic nitrogens is 2. The fraction of sp³-hybridized carbons (Fsp3) is 0.316. The van der Waals surface area contributed by atoms with Crippen LogP contribution in [0.3, 0.4) is 0 Å². The maximum absolute atomic E-state index is 12.9. The number of rotatable bonds is 4. The normalized spacial score (nSPS) is 11.5. The number of carbonyl (C=O) groups excluding carboxylic acids is 2. The van der Waals surface area contributed by atoms with E-state index in [0.29, 0.717) is 17.3 Å². The molecule has 2 amide bonds. The zero-order valence-corrected chi connectivity index (χ0v) is 16.8. The smallest absolute Gasteiger partial charge is 0.414 e. The molecule has 0 bridgehead atoms. The number of amides is 2. The van der Waals surface area contributed by atoms with Gasteiger partial charge in [0.25, 0.3) is 5.91 Å². The Morgan fingerprint density at radius 1 is 1.32 bits per heavy atom. The molecule has 0 aliphatic heterocycles. The van der Waals surface area contributed by atoms with Gasteiger partial charge in [0.2, 0.25) is 5.88 Å². The summed E-state index contributed by atoms with van der Waals surface area (Å²) in [6.07, 6.45) is 1.05. The molecular weight excluding hydrogens is 384 g/mol. The zero-order chi connectivity index (χ0) is 20.5. The van der Waals surface area contributed by atoms with E-state index in [1.165, 1.54) is 6.07 Å². The van der Waals surface area contributed by atoms with E-state index in [0.717, 1.165) is 10.9 Å². The molecule has 2 heterocycles. The van der Waals surface area contributed by atoms with Crippen LogP contribution in [0.25, 0.3) is 10.9 Å². The van der Waals surface area contributed by atoms with Gasteiger partial charge in [-0.2, -0.15) is 0 Å². The lowest BCUT2D eigenvalue weighted by atomic mass is 10.2. The maximum atomic E-state index is 12.9. The van der Waals surface area contributed by atoms with Crippen LogP contribution in [-0.2, 0) is 4.74 Å². The van der Waals surface area contributed by atoms with E-state index in [4.69, 9.17) is 20.9 Å². The summed E-state index contributed by atoms with van der Waals surface area (Å²) in [5.74, 6) is -0.347. The summed E-state index contributed by atoms with van der Waals surface area (Å²) in [6, 6.07) is 6.76. The van der Waals surface area contributed by atoms with Crippen LogP contribution in [0.15, 0.2) is 35.0 Å². The summed E-state index contributed by atoms with van der Waals surface area (Å²) in [6.45, 7) is 7.48. The fourth-order valence-corrected chi connectivity index (χ4v) is 2.87. The Morgan fingerprint density at radius 3 is 2.75 bits per heavy atom. The zero-order valence-electron chi connectivity index (χ0n) is 16.0. The Kier molecular flexibility index (Phi) is 5.33. The largest absolute Gasteiger partial charge is 0.444 e. The molecule has 8 nitrogen and oxygen atoms in total. The van der Waals surface area contributed by atoms with Gasteiger partial charge in [0.05, 0.1) is 5.69 Å². The Labute approximate surface area is 166 Å². The average Bonchev–Trinajstić information content (AvgIpc) is 3.21. The number of halogens is 1. The molecule has 3 aromatic rings. The predicted molar refractivity (Wildman–Crippen MR) is 107 cm³/mol. The summed E-state index contributed by atoms with van der Waals surface area (Å²) < 4.78 is 10.2. The molecule has 3 rings (SSSR count). The third kappa shape index (κ3) is 4.28. The summed E-state index contributed by atoms with van der Waals surface area (Å²) in [7, 11) is 0. The van der Waals surface area contributed by atoms with Crippen molar-refractivity contribution >= 4 is 46.1 Å². The van der Waals surface area contributed by atoms with Crippen LogP contribution in [0.5, 0.6) is 0 Å². The SMILES string of the molecule is CCN(C(=O)c1cc(NC(=O)OC(C)(C)C)on1)c1c[nH]c2ccc(Cl)cc12. The molecule has 0 spiro atoms. The van der Waals surface area contributed by atoms with Crippen LogP contribution in [0, 0.1) is 0 Å². The first-order valence-electron chi connectivity index (χ1n) is 8.73. The van der Waals surface area contributed by atoms with Crippen molar-refractivity contribution in [3.8, 4) is 0 Å². The molecule has 0 atom stereocenters. The number of hydrogen-bond acceptors (Lipinski definition) is 5. The van der Waals surface area contributed by atoms with Crippen LogP contribution >= 0.6 is 11.6 Å². The number of benzene rings is 1. The van der Waals surface area contributed by atoms with E-state index in [2.05, 4.69) is 15.5 Å². The summed E-state index contributed by atoms with van der Waals surface area (Å²) in [5, 5.41) is 7.58. The van der Waals surface area contributed by atoms with Gasteiger partial charge in [-0.25, -0.2) is 4.79 Å². The molecule has 0 saturated heterocycles. The monoisotopic (exact) mass is 404 g/mol. The highest BCUT2D eigenvalue weighted by molar-refractivity contribution is 6.31. The number of nitrogens with one attached hydrogen (secondary N) is 2. The van der Waals surface area contributed by atoms with Gasteiger partial charge in [-0.3, -0.25) is 10.1 Å². The first-order valence-corrected chi connectivity index (χ1v) is 9.11. The number of carbonyl (C=O) groups is 2. The number of H-pyrrole nitrogens is 1. The molecule has 2 aromatic heterocycles. The van der Waals surface area contributed by atoms with Crippen molar-refractivity contribution < 1.29 is 18.8 Å². The van der Waals surface area contributed by atoms with Crippen LogP contribution in [0.4, 0.5) is 16.4 Å². The standard InChI is InChI=1S/C19H21ClN4O4/c1-5-24(15-10-21-13-7-6-11(20)8-12(13)15)17(25)14-9-16(28-23-14)22-18(26)27-19(2,3)4/h6-10,21H,5H2,1-4H3,(H,22,26). The molecule has 0 aliphatic rings. The number of aromatic amines is 1. The Hall–Kier alpha value is -3.00. The van der Waals surface area contributed by atoms with Crippen LogP contribution in [0.1, 0.15) is 38.2 Å². The van der Waals surface area contributed by atoms with E-state index in [9.17, 15) is 9.59 Å². The molecule has 2 N–H and O–H groups in total. The molecular formula is C19H21ClN4O4. The molecule has 1 aromatic carbocycles. The highest BCUT2D eigenvalue weighted by atomic mass is 35.5. The van der Waals surface area contributed by atoms with Crippen molar-refractivity contribution in [3.63, 3.8) is 0 Å². The van der Waals surface area contributed by atoms with Crippen molar-refractivity contribution in [1.82, 2.24) is 10.1 Å². The van der Waals surface area contributed by atoms with Crippen LogP contribution in [0.2, 0.25) is 5.02 Å². The lowest BCUT2D eigenvalue weighted by molar-refractivity contribution is 0.0631. The highest BCUT2D eigenvalue weighted by Gasteiger charge is 2.24. The van der Waals surface area contributed by atoms with Crippen molar-refractivity contribution in [2.45, 2.75) is 33.3 Å². The minimum absolute atomic E-state index is 0.0237. The van der Waals surface area contributed by atoms with Crippen molar-refractivity contribution in [2.75, 3.05) is 16.8 Å². The second kappa shape index (κ2) is 7.55. The number of ether oxygens (including phenoxy) is 1. The van der Waals surface area contributed by atoms with Gasteiger partial charge in [0.1, 0.15) is 5.60 Å². The Bertz CT molecular complexity index is 1020. The quantitative estimate of drug-likeness (QED) is 0.649. The first-order chi connectivity index (χ1) is 13.2. The van der Waals surface area contributed by atoms with Crippen molar-refractivity contribution in [2.24, 2.45) is 0 Å². The molecule has 0 saturated carbocycles. The summed E-state index contributed by atoms with van der Waals surface area (Å²) in [4.78, 5) is 29.4. The van der Waals surface area contributed by atoms with Gasteiger partial charge in [0.15, 0.2) is 5.69 Å². The van der Waals surface area contributed by atoms with Gasteiger partial charge < -0.3 is 19.1 Å². The number of nitrogens with zero attached hydrogens (tertiary/aromatic N) is 2.